The van der Waals surface area contributed by atoms with Crippen molar-refractivity contribution in [1.29, 1.82) is 0 Å². The van der Waals surface area contributed by atoms with Gasteiger partial charge in [0.1, 0.15) is 6.61 Å². The molecule has 3 aromatic rings. The Bertz CT molecular complexity index is 997. The van der Waals surface area contributed by atoms with E-state index in [9.17, 15) is 9.59 Å². The summed E-state index contributed by atoms with van der Waals surface area (Å²) in [5.41, 5.74) is 0.896. The summed E-state index contributed by atoms with van der Waals surface area (Å²) in [6.45, 7) is 1.68. The Labute approximate surface area is 154 Å². The van der Waals surface area contributed by atoms with E-state index < -0.39 is 12.0 Å². The number of Topliss-reactive ketones (excluding diaryl/α,β-unsaturated/α-hetero) is 1. The summed E-state index contributed by atoms with van der Waals surface area (Å²) >= 11 is 0. The number of nitrogens with one attached hydrogen (secondary N) is 1. The maximum absolute atomic E-state index is 12.3. The highest BCUT2D eigenvalue weighted by Gasteiger charge is 2.27. The van der Waals surface area contributed by atoms with E-state index in [1.165, 1.54) is 6.92 Å². The van der Waals surface area contributed by atoms with E-state index in [1.807, 2.05) is 18.2 Å². The number of ketones is 1. The van der Waals surface area contributed by atoms with Crippen LogP contribution in [0.25, 0.3) is 0 Å². The monoisotopic (exact) mass is 365 g/mol. The maximum Gasteiger partial charge on any atom is 0.322 e. The van der Waals surface area contributed by atoms with Crippen molar-refractivity contribution in [3.63, 3.8) is 0 Å². The zero-order valence-electron chi connectivity index (χ0n) is 14.3. The first-order valence-electron chi connectivity index (χ1n) is 8.24. The molecule has 0 bridgehead atoms. The van der Waals surface area contributed by atoms with Crippen LogP contribution in [0.2, 0.25) is 0 Å². The molecule has 27 heavy (non-hydrogen) atoms. The van der Waals surface area contributed by atoms with Crippen LogP contribution >= 0.6 is 0 Å². The summed E-state index contributed by atoms with van der Waals surface area (Å²) in [4.78, 5) is 23.6. The lowest BCUT2D eigenvalue weighted by molar-refractivity contribution is 0.0716. The lowest BCUT2D eigenvalue weighted by atomic mass is 10.1. The largest absolute Gasteiger partial charge is 0.485 e. The Morgan fingerprint density at radius 2 is 1.70 bits per heavy atom. The molecule has 1 amide bonds. The van der Waals surface area contributed by atoms with Gasteiger partial charge in [0.15, 0.2) is 17.3 Å². The Kier molecular flexibility index (Phi) is 4.29. The van der Waals surface area contributed by atoms with Gasteiger partial charge in [0.25, 0.3) is 11.8 Å². The van der Waals surface area contributed by atoms with E-state index in [1.54, 1.807) is 30.3 Å². The summed E-state index contributed by atoms with van der Waals surface area (Å²) < 4.78 is 16.9. The highest BCUT2D eigenvalue weighted by atomic mass is 16.6. The van der Waals surface area contributed by atoms with Gasteiger partial charge in [0.2, 0.25) is 6.10 Å². The third-order valence-corrected chi connectivity index (χ3v) is 4.00. The summed E-state index contributed by atoms with van der Waals surface area (Å²) in [7, 11) is 0. The molecule has 136 valence electrons. The minimum atomic E-state index is -0.562. The van der Waals surface area contributed by atoms with Crippen molar-refractivity contribution < 1.29 is 23.5 Å². The highest BCUT2D eigenvalue weighted by molar-refractivity contribution is 6.04. The molecule has 1 aliphatic heterocycles. The van der Waals surface area contributed by atoms with E-state index in [0.29, 0.717) is 22.6 Å². The number of para-hydroxylation sites is 2. The van der Waals surface area contributed by atoms with Gasteiger partial charge >= 0.3 is 6.01 Å². The van der Waals surface area contributed by atoms with E-state index >= 15 is 0 Å². The lowest BCUT2D eigenvalue weighted by Crippen LogP contribution is -2.21. The molecule has 8 nitrogen and oxygen atoms in total. The zero-order chi connectivity index (χ0) is 18.8. The van der Waals surface area contributed by atoms with Crippen molar-refractivity contribution >= 4 is 17.7 Å². The summed E-state index contributed by atoms with van der Waals surface area (Å²) in [6.07, 6.45) is -0.562. The quantitative estimate of drug-likeness (QED) is 0.709. The minimum absolute atomic E-state index is 0.0481. The third-order valence-electron chi connectivity index (χ3n) is 4.00. The van der Waals surface area contributed by atoms with Crippen LogP contribution in [0.5, 0.6) is 11.5 Å². The molecular weight excluding hydrogens is 350 g/mol. The number of amides is 1. The number of benzene rings is 2. The van der Waals surface area contributed by atoms with E-state index in [4.69, 9.17) is 13.9 Å². The molecule has 8 heteroatoms. The van der Waals surface area contributed by atoms with Crippen molar-refractivity contribution in [3.8, 4) is 11.5 Å². The minimum Gasteiger partial charge on any atom is -0.485 e. The Morgan fingerprint density at radius 3 is 2.44 bits per heavy atom. The Morgan fingerprint density at radius 1 is 1.00 bits per heavy atom. The first-order valence-corrected chi connectivity index (χ1v) is 8.24. The zero-order valence-corrected chi connectivity index (χ0v) is 14.3. The predicted octanol–water partition coefficient (Wildman–Crippen LogP) is 3.04. The van der Waals surface area contributed by atoms with E-state index in [-0.39, 0.29) is 24.3 Å². The van der Waals surface area contributed by atoms with Crippen molar-refractivity contribution in [2.24, 2.45) is 0 Å². The molecule has 1 aliphatic rings. The number of hydrogen-bond acceptors (Lipinski definition) is 7. The van der Waals surface area contributed by atoms with Gasteiger partial charge in [-0.3, -0.25) is 14.9 Å². The van der Waals surface area contributed by atoms with Gasteiger partial charge in [-0.25, -0.2) is 0 Å². The molecule has 0 fully saturated rings. The highest BCUT2D eigenvalue weighted by Crippen LogP contribution is 2.35. The topological polar surface area (TPSA) is 104 Å². The molecule has 0 saturated carbocycles. The maximum atomic E-state index is 12.3. The van der Waals surface area contributed by atoms with Crippen LogP contribution in [0.3, 0.4) is 0 Å². The normalized spacial score (nSPS) is 15.2. The average molecular weight is 365 g/mol. The average Bonchev–Trinajstić information content (AvgIpc) is 3.16. The smallest absolute Gasteiger partial charge is 0.322 e. The first kappa shape index (κ1) is 16.8. The van der Waals surface area contributed by atoms with Gasteiger partial charge in [0.05, 0.1) is 0 Å². The van der Waals surface area contributed by atoms with Gasteiger partial charge in [0, 0.05) is 11.1 Å². The fourth-order valence-corrected chi connectivity index (χ4v) is 2.58. The molecule has 0 radical (unpaired) electrons. The number of hydrogen-bond donors (Lipinski definition) is 1. The number of aromatic nitrogens is 2. The van der Waals surface area contributed by atoms with Crippen LogP contribution in [-0.4, -0.2) is 28.5 Å². The molecule has 2 heterocycles. The third kappa shape index (κ3) is 3.50. The van der Waals surface area contributed by atoms with Crippen LogP contribution in [-0.2, 0) is 0 Å². The van der Waals surface area contributed by atoms with Crippen molar-refractivity contribution in [1.82, 2.24) is 10.2 Å². The lowest BCUT2D eigenvalue weighted by Gasteiger charge is -2.23. The fraction of sp³-hybridized carbons (Fsp3) is 0.158. The second-order valence-corrected chi connectivity index (χ2v) is 5.90. The van der Waals surface area contributed by atoms with Gasteiger partial charge in [-0.15, -0.1) is 5.10 Å². The van der Waals surface area contributed by atoms with Crippen molar-refractivity contribution in [3.05, 3.63) is 65.5 Å². The van der Waals surface area contributed by atoms with Crippen LogP contribution < -0.4 is 14.8 Å². The van der Waals surface area contributed by atoms with Gasteiger partial charge in [-0.1, -0.05) is 29.4 Å². The van der Waals surface area contributed by atoms with Gasteiger partial charge < -0.3 is 13.9 Å². The van der Waals surface area contributed by atoms with Crippen LogP contribution in [0.4, 0.5) is 6.01 Å². The molecule has 0 aliphatic carbocycles. The number of anilines is 1. The van der Waals surface area contributed by atoms with E-state index in [2.05, 4.69) is 15.5 Å². The Balaban J connectivity index is 1.44. The molecule has 0 saturated heterocycles. The molecule has 4 rings (SSSR count). The summed E-state index contributed by atoms with van der Waals surface area (Å²) in [5, 5.41) is 10.3. The number of ether oxygens (including phenoxy) is 2. The molecule has 0 unspecified atom stereocenters. The van der Waals surface area contributed by atoms with Gasteiger partial charge in [-0.2, -0.15) is 0 Å². The molecule has 1 N–H and O–H groups in total. The molecule has 0 spiro atoms. The number of nitrogens with zero attached hydrogens (tertiary/aromatic N) is 2. The van der Waals surface area contributed by atoms with Crippen molar-refractivity contribution in [2.45, 2.75) is 13.0 Å². The number of rotatable bonds is 4. The first-order chi connectivity index (χ1) is 13.1. The molecule has 2 aromatic carbocycles. The van der Waals surface area contributed by atoms with Crippen molar-refractivity contribution in [2.75, 3.05) is 11.9 Å². The standard InChI is InChI=1S/C19H15N3O5/c1-11(23)12-6-8-13(9-7-12)17(24)20-19-22-21-18(27-19)16-10-25-14-4-2-3-5-15(14)26-16/h2-9,16H,10H2,1H3,(H,20,22,24)/t16-/m1/s1. The Hall–Kier alpha value is -3.68. The van der Waals surface area contributed by atoms with Gasteiger partial charge in [-0.05, 0) is 31.2 Å². The second kappa shape index (κ2) is 6.91. The SMILES string of the molecule is CC(=O)c1ccc(C(=O)Nc2nnc([C@H]3COc4ccccc4O3)o2)cc1. The molecule has 1 aromatic heterocycles. The number of carbonyl (C=O) groups is 2. The number of fused-ring (bicyclic) bond motifs is 1. The molecule has 1 atom stereocenters. The molecular formula is C19H15N3O5. The number of carbonyl (C=O) groups excluding carboxylic acids is 2. The van der Waals surface area contributed by atoms with Crippen LogP contribution in [0, 0.1) is 0 Å². The second-order valence-electron chi connectivity index (χ2n) is 5.90. The fourth-order valence-electron chi connectivity index (χ4n) is 2.58. The van der Waals surface area contributed by atoms with Crippen LogP contribution in [0.1, 0.15) is 39.6 Å². The predicted molar refractivity (Wildman–Crippen MR) is 94.0 cm³/mol. The van der Waals surface area contributed by atoms with Crippen LogP contribution in [0.15, 0.2) is 52.9 Å². The summed E-state index contributed by atoms with van der Waals surface area (Å²) in [5.74, 6) is 0.942. The van der Waals surface area contributed by atoms with E-state index in [0.717, 1.165) is 0 Å². The summed E-state index contributed by atoms with van der Waals surface area (Å²) in [6, 6.07) is 13.5.